The summed E-state index contributed by atoms with van der Waals surface area (Å²) < 4.78 is 12.7. The number of hydrogen-bond acceptors (Lipinski definition) is 7. The molecule has 0 amide bonds. The number of nitrogens with one attached hydrogen (secondary N) is 1. The van der Waals surface area contributed by atoms with Crippen molar-refractivity contribution in [2.45, 2.75) is 49.0 Å². The van der Waals surface area contributed by atoms with E-state index in [-0.39, 0.29) is 5.54 Å². The zero-order valence-electron chi connectivity index (χ0n) is 19.1. The largest absolute Gasteiger partial charge is 0.371 e. The number of hydrogen-bond donors (Lipinski definition) is 2. The van der Waals surface area contributed by atoms with Crippen molar-refractivity contribution in [2.75, 3.05) is 53.6 Å². The van der Waals surface area contributed by atoms with E-state index in [0.717, 1.165) is 67.8 Å². The zero-order chi connectivity index (χ0) is 22.2. The third-order valence-corrected chi connectivity index (χ3v) is 10.2. The van der Waals surface area contributed by atoms with Gasteiger partial charge >= 0.3 is 0 Å². The molecule has 1 saturated carbocycles. The molecule has 2 aromatic rings. The Kier molecular flexibility index (Phi) is 4.53. The maximum Gasteiger partial charge on any atom is 0.227 e. The number of benzene rings is 1. The van der Waals surface area contributed by atoms with Gasteiger partial charge in [-0.15, -0.1) is 0 Å². The predicted octanol–water partition coefficient (Wildman–Crippen LogP) is 2.10. The molecule has 0 radical (unpaired) electrons. The van der Waals surface area contributed by atoms with Crippen LogP contribution in [0.1, 0.15) is 36.1 Å². The zero-order valence-corrected chi connectivity index (χ0v) is 19.9. The van der Waals surface area contributed by atoms with Crippen molar-refractivity contribution in [3.8, 4) is 0 Å². The van der Waals surface area contributed by atoms with Crippen LogP contribution in [0.4, 0.5) is 17.5 Å². The predicted molar refractivity (Wildman–Crippen MR) is 132 cm³/mol. The van der Waals surface area contributed by atoms with Gasteiger partial charge in [-0.25, -0.2) is 4.98 Å². The highest BCUT2D eigenvalue weighted by atomic mass is 32.2. The Balaban J connectivity index is 1.11. The average Bonchev–Trinajstić information content (AvgIpc) is 3.45. The lowest BCUT2D eigenvalue weighted by Crippen LogP contribution is -2.51. The Hall–Kier alpha value is -2.19. The Morgan fingerprint density at radius 3 is 2.42 bits per heavy atom. The van der Waals surface area contributed by atoms with Crippen molar-refractivity contribution in [3.05, 3.63) is 35.0 Å². The minimum atomic E-state index is -1.02. The number of rotatable bonds is 5. The van der Waals surface area contributed by atoms with Crippen molar-refractivity contribution in [2.24, 2.45) is 17.6 Å². The van der Waals surface area contributed by atoms with Crippen LogP contribution in [-0.4, -0.2) is 58.2 Å². The third-order valence-electron chi connectivity index (χ3n) is 8.75. The lowest BCUT2D eigenvalue weighted by Gasteiger charge is -2.42. The molecule has 33 heavy (non-hydrogen) atoms. The summed E-state index contributed by atoms with van der Waals surface area (Å²) in [4.78, 5) is 15.7. The number of nitrogens with two attached hydrogens (primary N) is 1. The molecule has 7 rings (SSSR count). The maximum atomic E-state index is 12.7. The van der Waals surface area contributed by atoms with Gasteiger partial charge in [0, 0.05) is 62.4 Å². The molecule has 3 fully saturated rings. The quantitative estimate of drug-likeness (QED) is 0.701. The van der Waals surface area contributed by atoms with Gasteiger partial charge < -0.3 is 20.9 Å². The standard InChI is InChI=1S/C25H32N6OS/c26-15-25(7-1-8-25)29-23-22-21(6-9-33(22)32)27-24(28-23)31-13-18-11-30(12-19(18)14-31)20-5-4-16-2-3-17(16)10-20/h4-5,10,18-19H,1-3,6-9,11-15,26H2,(H,27,28,29)/t18-,19+,33-/m0/s1. The van der Waals surface area contributed by atoms with Gasteiger partial charge in [-0.2, -0.15) is 4.98 Å². The smallest absolute Gasteiger partial charge is 0.227 e. The van der Waals surface area contributed by atoms with Crippen LogP contribution in [0.5, 0.6) is 0 Å². The highest BCUT2D eigenvalue weighted by Crippen LogP contribution is 2.40. The minimum Gasteiger partial charge on any atom is -0.371 e. The second-order valence-corrected chi connectivity index (χ2v) is 12.2. The number of aryl methyl sites for hydroxylation is 3. The van der Waals surface area contributed by atoms with Gasteiger partial charge in [0.15, 0.2) is 0 Å². The van der Waals surface area contributed by atoms with Gasteiger partial charge in [0.25, 0.3) is 0 Å². The lowest BCUT2D eigenvalue weighted by atomic mass is 9.77. The van der Waals surface area contributed by atoms with E-state index in [2.05, 4.69) is 33.3 Å². The van der Waals surface area contributed by atoms with Crippen LogP contribution < -0.4 is 20.9 Å². The van der Waals surface area contributed by atoms with E-state index in [4.69, 9.17) is 15.7 Å². The van der Waals surface area contributed by atoms with Crippen molar-refractivity contribution >= 4 is 28.3 Å². The fourth-order valence-electron chi connectivity index (χ4n) is 6.39. The molecule has 2 saturated heterocycles. The summed E-state index contributed by atoms with van der Waals surface area (Å²) in [5.41, 5.74) is 11.4. The van der Waals surface area contributed by atoms with Gasteiger partial charge in [0.05, 0.1) is 22.0 Å². The van der Waals surface area contributed by atoms with Crippen LogP contribution >= 0.6 is 0 Å². The second-order valence-electron chi connectivity index (χ2n) is 10.7. The van der Waals surface area contributed by atoms with Crippen LogP contribution in [0.15, 0.2) is 23.1 Å². The molecule has 1 aromatic carbocycles. The van der Waals surface area contributed by atoms with Crippen molar-refractivity contribution in [1.82, 2.24) is 9.97 Å². The average molecular weight is 465 g/mol. The SMILES string of the molecule is NCC1(Nc2nc(N3C[C@H]4CN(c5ccc6c(c5)CC6)C[C@H]4C3)nc3c2[S@@](=O)CC3)CCC1. The van der Waals surface area contributed by atoms with E-state index in [1.54, 1.807) is 0 Å². The molecular formula is C25H32N6OS. The van der Waals surface area contributed by atoms with E-state index in [1.165, 1.54) is 36.1 Å². The van der Waals surface area contributed by atoms with Gasteiger partial charge in [0.1, 0.15) is 10.7 Å². The molecule has 3 N–H and O–H groups in total. The Morgan fingerprint density at radius 2 is 1.79 bits per heavy atom. The maximum absolute atomic E-state index is 12.7. The first-order valence-electron chi connectivity index (χ1n) is 12.5. The second kappa shape index (κ2) is 7.40. The van der Waals surface area contributed by atoms with Gasteiger partial charge in [0.2, 0.25) is 5.95 Å². The monoisotopic (exact) mass is 464 g/mol. The summed E-state index contributed by atoms with van der Waals surface area (Å²) >= 11 is 0. The Bertz CT molecular complexity index is 1130. The molecule has 7 nitrogen and oxygen atoms in total. The highest BCUT2D eigenvalue weighted by Gasteiger charge is 2.42. The van der Waals surface area contributed by atoms with Crippen LogP contribution in [0.2, 0.25) is 0 Å². The molecule has 0 bridgehead atoms. The molecule has 2 aliphatic carbocycles. The van der Waals surface area contributed by atoms with Crippen LogP contribution in [0, 0.1) is 11.8 Å². The number of nitrogens with zero attached hydrogens (tertiary/aromatic N) is 4. The van der Waals surface area contributed by atoms with Crippen molar-refractivity contribution in [1.29, 1.82) is 0 Å². The summed E-state index contributed by atoms with van der Waals surface area (Å²) in [6.45, 7) is 4.79. The first-order chi connectivity index (χ1) is 16.1. The van der Waals surface area contributed by atoms with Gasteiger partial charge in [-0.05, 0) is 55.4 Å². The molecule has 0 spiro atoms. The van der Waals surface area contributed by atoms with E-state index in [9.17, 15) is 4.21 Å². The lowest BCUT2D eigenvalue weighted by molar-refractivity contribution is 0.286. The summed E-state index contributed by atoms with van der Waals surface area (Å²) in [7, 11) is -1.02. The normalized spacial score (nSPS) is 28.7. The Labute approximate surface area is 197 Å². The fraction of sp³-hybridized carbons (Fsp3) is 0.600. The number of anilines is 3. The molecule has 0 unspecified atom stereocenters. The Morgan fingerprint density at radius 1 is 1.03 bits per heavy atom. The van der Waals surface area contributed by atoms with Crippen LogP contribution in [0.3, 0.4) is 0 Å². The first-order valence-corrected chi connectivity index (χ1v) is 13.8. The van der Waals surface area contributed by atoms with Crippen LogP contribution in [-0.2, 0) is 30.1 Å². The molecule has 5 aliphatic rings. The summed E-state index contributed by atoms with van der Waals surface area (Å²) in [5, 5.41) is 3.63. The molecule has 8 heteroatoms. The molecular weight excluding hydrogens is 432 g/mol. The number of aromatic nitrogens is 2. The highest BCUT2D eigenvalue weighted by molar-refractivity contribution is 7.85. The molecule has 3 atom stereocenters. The minimum absolute atomic E-state index is 0.0921. The van der Waals surface area contributed by atoms with E-state index < -0.39 is 10.8 Å². The van der Waals surface area contributed by atoms with Crippen molar-refractivity contribution in [3.63, 3.8) is 0 Å². The number of fused-ring (bicyclic) bond motifs is 3. The van der Waals surface area contributed by atoms with E-state index >= 15 is 0 Å². The molecule has 3 aliphatic heterocycles. The summed E-state index contributed by atoms with van der Waals surface area (Å²) in [6, 6.07) is 7.04. The van der Waals surface area contributed by atoms with Crippen molar-refractivity contribution < 1.29 is 4.21 Å². The van der Waals surface area contributed by atoms with Gasteiger partial charge in [-0.3, -0.25) is 4.21 Å². The summed E-state index contributed by atoms with van der Waals surface area (Å²) in [6.07, 6.45) is 6.54. The first kappa shape index (κ1) is 20.2. The molecule has 4 heterocycles. The van der Waals surface area contributed by atoms with E-state index in [1.807, 2.05) is 0 Å². The summed E-state index contributed by atoms with van der Waals surface area (Å²) in [5.74, 6) is 3.51. The topological polar surface area (TPSA) is 87.4 Å². The van der Waals surface area contributed by atoms with Crippen LogP contribution in [0.25, 0.3) is 0 Å². The van der Waals surface area contributed by atoms with E-state index in [0.29, 0.717) is 24.1 Å². The molecule has 1 aromatic heterocycles. The third kappa shape index (κ3) is 3.21. The fourth-order valence-corrected chi connectivity index (χ4v) is 7.70. The van der Waals surface area contributed by atoms with Gasteiger partial charge in [-0.1, -0.05) is 6.07 Å². The molecule has 174 valence electrons.